The molecular weight excluding hydrogens is 286 g/mol. The number of anilines is 1. The van der Waals surface area contributed by atoms with Gasteiger partial charge in [0.1, 0.15) is 0 Å². The van der Waals surface area contributed by atoms with Gasteiger partial charge in [0.15, 0.2) is 5.15 Å². The van der Waals surface area contributed by atoms with Gasteiger partial charge in [-0.05, 0) is 24.1 Å². The van der Waals surface area contributed by atoms with Crippen molar-refractivity contribution in [3.05, 3.63) is 58.9 Å². The topological polar surface area (TPSA) is 68.0 Å². The van der Waals surface area contributed by atoms with Crippen molar-refractivity contribution in [2.45, 2.75) is 19.9 Å². The van der Waals surface area contributed by atoms with Gasteiger partial charge in [-0.1, -0.05) is 48.9 Å². The number of rotatable bonds is 4. The molecule has 0 saturated carbocycles. The number of carbonyl (C=O) groups excluding carboxylic acids is 1. The molecule has 0 saturated heterocycles. The molecule has 1 heterocycles. The number of hydrogen-bond acceptors (Lipinski definition) is 3. The maximum absolute atomic E-state index is 12.3. The number of aromatic nitrogens is 1. The quantitative estimate of drug-likeness (QED) is 0.851. The van der Waals surface area contributed by atoms with E-state index in [2.05, 4.69) is 10.3 Å². The number of benzene rings is 1. The van der Waals surface area contributed by atoms with E-state index in [1.807, 2.05) is 37.3 Å². The normalized spacial score (nSPS) is 13.5. The first-order valence-electron chi connectivity index (χ1n) is 6.72. The maximum Gasteiger partial charge on any atom is 0.229 e. The molecule has 2 atom stereocenters. The van der Waals surface area contributed by atoms with Crippen molar-refractivity contribution in [3.8, 4) is 0 Å². The van der Waals surface area contributed by atoms with Gasteiger partial charge in [0.25, 0.3) is 0 Å². The largest absolute Gasteiger partial charge is 0.323 e. The Morgan fingerprint density at radius 3 is 2.67 bits per heavy atom. The van der Waals surface area contributed by atoms with Crippen LogP contribution < -0.4 is 11.1 Å². The minimum atomic E-state index is -0.385. The van der Waals surface area contributed by atoms with Crippen molar-refractivity contribution in [1.82, 2.24) is 4.98 Å². The molecule has 5 heteroatoms. The lowest BCUT2D eigenvalue weighted by Gasteiger charge is -2.20. The lowest BCUT2D eigenvalue weighted by molar-refractivity contribution is -0.120. The van der Waals surface area contributed by atoms with E-state index in [-0.39, 0.29) is 23.0 Å². The van der Waals surface area contributed by atoms with E-state index in [1.54, 1.807) is 19.2 Å². The SMILES string of the molecule is Cc1cnc(Cl)c(NC(=O)C(C)C(N)c2ccccc2)c1. The number of nitrogens with two attached hydrogens (primary N) is 1. The van der Waals surface area contributed by atoms with Gasteiger partial charge in [-0.25, -0.2) is 4.98 Å². The van der Waals surface area contributed by atoms with Gasteiger partial charge in [-0.15, -0.1) is 0 Å². The van der Waals surface area contributed by atoms with Gasteiger partial charge >= 0.3 is 0 Å². The fourth-order valence-electron chi connectivity index (χ4n) is 2.01. The van der Waals surface area contributed by atoms with Crippen molar-refractivity contribution in [2.75, 3.05) is 5.32 Å². The summed E-state index contributed by atoms with van der Waals surface area (Å²) in [7, 11) is 0. The van der Waals surface area contributed by atoms with Crippen LogP contribution in [0.15, 0.2) is 42.6 Å². The summed E-state index contributed by atoms with van der Waals surface area (Å²) in [5, 5.41) is 3.06. The predicted octanol–water partition coefficient (Wildman–Crippen LogP) is 3.32. The summed E-state index contributed by atoms with van der Waals surface area (Å²) in [5.74, 6) is -0.565. The molecule has 0 fully saturated rings. The molecule has 2 aromatic rings. The van der Waals surface area contributed by atoms with E-state index in [1.165, 1.54) is 0 Å². The molecule has 110 valence electrons. The van der Waals surface area contributed by atoms with Crippen molar-refractivity contribution in [1.29, 1.82) is 0 Å². The number of nitrogens with zero attached hydrogens (tertiary/aromatic N) is 1. The molecule has 0 bridgehead atoms. The highest BCUT2D eigenvalue weighted by atomic mass is 35.5. The van der Waals surface area contributed by atoms with Crippen LogP contribution in [-0.4, -0.2) is 10.9 Å². The Morgan fingerprint density at radius 1 is 1.33 bits per heavy atom. The van der Waals surface area contributed by atoms with E-state index < -0.39 is 0 Å². The molecule has 3 N–H and O–H groups in total. The zero-order valence-electron chi connectivity index (χ0n) is 12.0. The second-order valence-corrected chi connectivity index (χ2v) is 5.42. The Morgan fingerprint density at radius 2 is 2.00 bits per heavy atom. The number of pyridine rings is 1. The third-order valence-corrected chi connectivity index (χ3v) is 3.67. The van der Waals surface area contributed by atoms with Crippen molar-refractivity contribution in [3.63, 3.8) is 0 Å². The van der Waals surface area contributed by atoms with Crippen LogP contribution in [0.25, 0.3) is 0 Å². The highest BCUT2D eigenvalue weighted by molar-refractivity contribution is 6.32. The van der Waals surface area contributed by atoms with Crippen LogP contribution >= 0.6 is 11.6 Å². The molecule has 2 unspecified atom stereocenters. The van der Waals surface area contributed by atoms with E-state index in [0.29, 0.717) is 5.69 Å². The Hall–Kier alpha value is -1.91. The van der Waals surface area contributed by atoms with E-state index >= 15 is 0 Å². The van der Waals surface area contributed by atoms with Crippen molar-refractivity contribution < 1.29 is 4.79 Å². The minimum Gasteiger partial charge on any atom is -0.323 e. The predicted molar refractivity (Wildman–Crippen MR) is 85.1 cm³/mol. The van der Waals surface area contributed by atoms with Gasteiger partial charge in [0, 0.05) is 12.2 Å². The zero-order valence-corrected chi connectivity index (χ0v) is 12.8. The first-order valence-corrected chi connectivity index (χ1v) is 7.10. The number of aryl methyl sites for hydroxylation is 1. The van der Waals surface area contributed by atoms with Gasteiger partial charge in [0.2, 0.25) is 5.91 Å². The second kappa shape index (κ2) is 6.70. The van der Waals surface area contributed by atoms with Gasteiger partial charge in [0.05, 0.1) is 11.6 Å². The van der Waals surface area contributed by atoms with Crippen LogP contribution in [0.2, 0.25) is 5.15 Å². The average Bonchev–Trinajstić information content (AvgIpc) is 2.50. The van der Waals surface area contributed by atoms with E-state index in [4.69, 9.17) is 17.3 Å². The summed E-state index contributed by atoms with van der Waals surface area (Å²) in [6, 6.07) is 11.0. The Bertz CT molecular complexity index is 631. The van der Waals surface area contributed by atoms with Crippen LogP contribution in [-0.2, 0) is 4.79 Å². The fraction of sp³-hybridized carbons (Fsp3) is 0.250. The summed E-state index contributed by atoms with van der Waals surface area (Å²) in [4.78, 5) is 16.3. The summed E-state index contributed by atoms with van der Waals surface area (Å²) < 4.78 is 0. The Balaban J connectivity index is 2.11. The smallest absolute Gasteiger partial charge is 0.229 e. The first-order chi connectivity index (χ1) is 9.99. The molecule has 0 aliphatic heterocycles. The van der Waals surface area contributed by atoms with E-state index in [0.717, 1.165) is 11.1 Å². The van der Waals surface area contributed by atoms with Gasteiger partial charge in [-0.3, -0.25) is 4.79 Å². The molecule has 0 aliphatic carbocycles. The summed E-state index contributed by atoms with van der Waals surface area (Å²) >= 11 is 5.98. The standard InChI is InChI=1S/C16H18ClN3O/c1-10-8-13(15(17)19-9-10)20-16(21)11(2)14(18)12-6-4-3-5-7-12/h3-9,11,14H,18H2,1-2H3,(H,20,21). The molecule has 0 aliphatic rings. The molecule has 0 spiro atoms. The van der Waals surface area contributed by atoms with Crippen LogP contribution in [0.4, 0.5) is 5.69 Å². The second-order valence-electron chi connectivity index (χ2n) is 5.07. The number of amides is 1. The molecule has 1 amide bonds. The van der Waals surface area contributed by atoms with Crippen molar-refractivity contribution in [2.24, 2.45) is 11.7 Å². The van der Waals surface area contributed by atoms with Crippen molar-refractivity contribution >= 4 is 23.2 Å². The van der Waals surface area contributed by atoms with Gasteiger partial charge in [-0.2, -0.15) is 0 Å². The monoisotopic (exact) mass is 303 g/mol. The zero-order chi connectivity index (χ0) is 15.4. The first kappa shape index (κ1) is 15.5. The van der Waals surface area contributed by atoms with E-state index in [9.17, 15) is 4.79 Å². The van der Waals surface area contributed by atoms with Gasteiger partial charge < -0.3 is 11.1 Å². The third-order valence-electron chi connectivity index (χ3n) is 3.37. The number of hydrogen-bond donors (Lipinski definition) is 2. The highest BCUT2D eigenvalue weighted by Gasteiger charge is 2.22. The average molecular weight is 304 g/mol. The lowest BCUT2D eigenvalue weighted by Crippen LogP contribution is -2.30. The van der Waals surface area contributed by atoms with Crippen LogP contribution in [0, 0.1) is 12.8 Å². The molecular formula is C16H18ClN3O. The molecule has 0 radical (unpaired) electrons. The molecule has 1 aromatic heterocycles. The number of nitrogens with one attached hydrogen (secondary N) is 1. The Kier molecular flexibility index (Phi) is 4.94. The summed E-state index contributed by atoms with van der Waals surface area (Å²) in [6.07, 6.45) is 1.65. The summed E-state index contributed by atoms with van der Waals surface area (Å²) in [6.45, 7) is 3.68. The maximum atomic E-state index is 12.3. The number of halogens is 1. The minimum absolute atomic E-state index is 0.180. The lowest BCUT2D eigenvalue weighted by atomic mass is 9.94. The molecule has 2 rings (SSSR count). The number of carbonyl (C=O) groups is 1. The van der Waals surface area contributed by atoms with Crippen LogP contribution in [0.5, 0.6) is 0 Å². The highest BCUT2D eigenvalue weighted by Crippen LogP contribution is 2.24. The third kappa shape index (κ3) is 3.80. The molecule has 21 heavy (non-hydrogen) atoms. The Labute approximate surface area is 129 Å². The van der Waals surface area contributed by atoms with Crippen LogP contribution in [0.3, 0.4) is 0 Å². The molecule has 4 nitrogen and oxygen atoms in total. The summed E-state index contributed by atoms with van der Waals surface area (Å²) in [5.41, 5.74) is 8.51. The van der Waals surface area contributed by atoms with Crippen LogP contribution in [0.1, 0.15) is 24.1 Å². The molecule has 1 aromatic carbocycles. The fourth-order valence-corrected chi connectivity index (χ4v) is 2.16.